The fourth-order valence-electron chi connectivity index (χ4n) is 1.72. The van der Waals surface area contributed by atoms with E-state index in [0.29, 0.717) is 5.96 Å². The summed E-state index contributed by atoms with van der Waals surface area (Å²) in [4.78, 5) is 4.30. The lowest BCUT2D eigenvalue weighted by Gasteiger charge is -2.15. The molecule has 1 aromatic heterocycles. The van der Waals surface area contributed by atoms with E-state index in [-0.39, 0.29) is 6.04 Å². The van der Waals surface area contributed by atoms with Crippen LogP contribution in [-0.2, 0) is 0 Å². The van der Waals surface area contributed by atoms with Crippen LogP contribution in [0.5, 0.6) is 0 Å². The van der Waals surface area contributed by atoms with Crippen LogP contribution in [0.25, 0.3) is 0 Å². The number of nitrogens with zero attached hydrogens (tertiary/aromatic N) is 1. The molecule has 5 nitrogen and oxygen atoms in total. The summed E-state index contributed by atoms with van der Waals surface area (Å²) < 4.78 is 5.50. The second-order valence-corrected chi connectivity index (χ2v) is 4.11. The highest BCUT2D eigenvalue weighted by atomic mass is 16.3. The molecule has 0 radical (unpaired) electrons. The largest absolute Gasteiger partial charge is 0.466 e. The van der Waals surface area contributed by atoms with E-state index in [1.807, 2.05) is 19.9 Å². The molecule has 0 spiro atoms. The first-order valence-corrected chi connectivity index (χ1v) is 5.93. The van der Waals surface area contributed by atoms with Crippen LogP contribution in [0.3, 0.4) is 0 Å². The minimum Gasteiger partial charge on any atom is -0.466 e. The molecule has 96 valence electrons. The van der Waals surface area contributed by atoms with Crippen molar-refractivity contribution in [1.29, 1.82) is 0 Å². The van der Waals surface area contributed by atoms with Gasteiger partial charge in [-0.2, -0.15) is 0 Å². The number of guanidine groups is 1. The van der Waals surface area contributed by atoms with Gasteiger partial charge < -0.3 is 9.73 Å². The summed E-state index contributed by atoms with van der Waals surface area (Å²) in [6, 6.07) is 2.14. The minimum absolute atomic E-state index is 0.110. The van der Waals surface area contributed by atoms with Gasteiger partial charge in [0.1, 0.15) is 11.5 Å². The van der Waals surface area contributed by atoms with Gasteiger partial charge in [0.15, 0.2) is 0 Å². The second-order valence-electron chi connectivity index (χ2n) is 4.11. The van der Waals surface area contributed by atoms with Crippen LogP contribution in [0.1, 0.15) is 43.4 Å². The summed E-state index contributed by atoms with van der Waals surface area (Å²) >= 11 is 0. The predicted octanol–water partition coefficient (Wildman–Crippen LogP) is 1.78. The normalized spacial score (nSPS) is 13.6. The van der Waals surface area contributed by atoms with E-state index in [4.69, 9.17) is 10.3 Å². The standard InChI is InChI=1S/C12H22N4O/c1-5-6-14-12(16-13)15-9(3)11-7-8(2)17-10(11)4/h7,9H,5-6,13H2,1-4H3,(H2,14,15,16). The van der Waals surface area contributed by atoms with Crippen molar-refractivity contribution in [3.05, 3.63) is 23.2 Å². The second kappa shape index (κ2) is 6.30. The van der Waals surface area contributed by atoms with Crippen LogP contribution in [0, 0.1) is 13.8 Å². The number of aliphatic imine (C=N–C) groups is 1. The number of hydrogen-bond acceptors (Lipinski definition) is 3. The first-order chi connectivity index (χ1) is 8.08. The Labute approximate surface area is 102 Å². The van der Waals surface area contributed by atoms with Crippen molar-refractivity contribution in [2.24, 2.45) is 10.8 Å². The number of hydrazine groups is 1. The SMILES string of the molecule is CCCN=C(NN)NC(C)c1cc(C)oc1C. The third-order valence-corrected chi connectivity index (χ3v) is 2.53. The molecule has 1 heterocycles. The summed E-state index contributed by atoms with van der Waals surface area (Å²) in [5.74, 6) is 7.87. The molecular formula is C12H22N4O. The quantitative estimate of drug-likeness (QED) is 0.323. The van der Waals surface area contributed by atoms with Crippen LogP contribution in [-0.4, -0.2) is 12.5 Å². The first kappa shape index (κ1) is 13.6. The number of rotatable bonds is 4. The molecule has 1 atom stereocenters. The van der Waals surface area contributed by atoms with E-state index < -0.39 is 0 Å². The molecule has 0 saturated carbocycles. The van der Waals surface area contributed by atoms with Gasteiger partial charge >= 0.3 is 0 Å². The van der Waals surface area contributed by atoms with E-state index in [2.05, 4.69) is 29.6 Å². The molecule has 4 N–H and O–H groups in total. The predicted molar refractivity (Wildman–Crippen MR) is 69.6 cm³/mol. The molecule has 0 amide bonds. The zero-order valence-electron chi connectivity index (χ0n) is 11.0. The molecule has 0 aliphatic carbocycles. The molecule has 0 fully saturated rings. The maximum Gasteiger partial charge on any atom is 0.206 e. The Hall–Kier alpha value is -1.49. The van der Waals surface area contributed by atoms with Gasteiger partial charge in [-0.3, -0.25) is 10.4 Å². The lowest BCUT2D eigenvalue weighted by Crippen LogP contribution is -2.42. The Morgan fingerprint density at radius 3 is 2.71 bits per heavy atom. The maximum atomic E-state index is 5.50. The monoisotopic (exact) mass is 238 g/mol. The molecule has 0 bridgehead atoms. The van der Waals surface area contributed by atoms with Gasteiger partial charge in [0.05, 0.1) is 6.04 Å². The van der Waals surface area contributed by atoms with Gasteiger partial charge in [-0.25, -0.2) is 5.84 Å². The molecular weight excluding hydrogens is 216 g/mol. The van der Waals surface area contributed by atoms with Crippen LogP contribution in [0.2, 0.25) is 0 Å². The number of nitrogens with one attached hydrogen (secondary N) is 2. The molecule has 1 unspecified atom stereocenters. The molecule has 0 aromatic carbocycles. The van der Waals surface area contributed by atoms with E-state index in [1.165, 1.54) is 0 Å². The van der Waals surface area contributed by atoms with E-state index >= 15 is 0 Å². The lowest BCUT2D eigenvalue weighted by atomic mass is 10.1. The molecule has 0 saturated heterocycles. The Morgan fingerprint density at radius 2 is 2.24 bits per heavy atom. The minimum atomic E-state index is 0.110. The van der Waals surface area contributed by atoms with Crippen molar-refractivity contribution in [2.45, 2.75) is 40.2 Å². The van der Waals surface area contributed by atoms with Crippen molar-refractivity contribution in [3.8, 4) is 0 Å². The topological polar surface area (TPSA) is 75.6 Å². The number of furan rings is 1. The molecule has 1 rings (SSSR count). The van der Waals surface area contributed by atoms with Gasteiger partial charge in [0.25, 0.3) is 0 Å². The van der Waals surface area contributed by atoms with Crippen LogP contribution in [0.15, 0.2) is 15.5 Å². The molecule has 5 heteroatoms. The molecule has 0 aliphatic rings. The van der Waals surface area contributed by atoms with Crippen molar-refractivity contribution in [2.75, 3.05) is 6.54 Å². The smallest absolute Gasteiger partial charge is 0.206 e. The summed E-state index contributed by atoms with van der Waals surface area (Å²) in [7, 11) is 0. The van der Waals surface area contributed by atoms with Gasteiger partial charge in [-0.05, 0) is 33.3 Å². The average molecular weight is 238 g/mol. The van der Waals surface area contributed by atoms with Crippen LogP contribution in [0.4, 0.5) is 0 Å². The number of hydrogen-bond donors (Lipinski definition) is 3. The highest BCUT2D eigenvalue weighted by Crippen LogP contribution is 2.20. The zero-order valence-corrected chi connectivity index (χ0v) is 11.0. The van der Waals surface area contributed by atoms with Gasteiger partial charge in [-0.15, -0.1) is 0 Å². The summed E-state index contributed by atoms with van der Waals surface area (Å²) in [6.07, 6.45) is 0.991. The summed E-state index contributed by atoms with van der Waals surface area (Å²) in [5, 5.41) is 3.23. The van der Waals surface area contributed by atoms with Crippen molar-refractivity contribution < 1.29 is 4.42 Å². The molecule has 1 aromatic rings. The third kappa shape index (κ3) is 3.78. The van der Waals surface area contributed by atoms with Gasteiger partial charge in [-0.1, -0.05) is 6.92 Å². The molecule has 0 aliphatic heterocycles. The Morgan fingerprint density at radius 1 is 1.53 bits per heavy atom. The van der Waals surface area contributed by atoms with Gasteiger partial charge in [0, 0.05) is 12.1 Å². The summed E-state index contributed by atoms with van der Waals surface area (Å²) in [6.45, 7) is 8.78. The number of aryl methyl sites for hydroxylation is 2. The van der Waals surface area contributed by atoms with E-state index in [1.54, 1.807) is 0 Å². The van der Waals surface area contributed by atoms with Crippen molar-refractivity contribution in [1.82, 2.24) is 10.7 Å². The van der Waals surface area contributed by atoms with E-state index in [9.17, 15) is 0 Å². The lowest BCUT2D eigenvalue weighted by molar-refractivity contribution is 0.496. The first-order valence-electron chi connectivity index (χ1n) is 5.93. The van der Waals surface area contributed by atoms with Crippen LogP contribution < -0.4 is 16.6 Å². The molecule has 17 heavy (non-hydrogen) atoms. The number of nitrogens with two attached hydrogens (primary N) is 1. The highest BCUT2D eigenvalue weighted by molar-refractivity contribution is 5.79. The van der Waals surface area contributed by atoms with Crippen molar-refractivity contribution in [3.63, 3.8) is 0 Å². The fraction of sp³-hybridized carbons (Fsp3) is 0.583. The highest BCUT2D eigenvalue weighted by Gasteiger charge is 2.13. The Balaban J connectivity index is 2.70. The van der Waals surface area contributed by atoms with Crippen LogP contribution >= 0.6 is 0 Å². The maximum absolute atomic E-state index is 5.50. The van der Waals surface area contributed by atoms with E-state index in [0.717, 1.165) is 30.0 Å². The third-order valence-electron chi connectivity index (χ3n) is 2.53. The fourth-order valence-corrected chi connectivity index (χ4v) is 1.72. The average Bonchev–Trinajstić information content (AvgIpc) is 2.63. The van der Waals surface area contributed by atoms with Crippen molar-refractivity contribution >= 4 is 5.96 Å². The Kier molecular flexibility index (Phi) is 5.03. The zero-order chi connectivity index (χ0) is 12.8. The Bertz CT molecular complexity index is 384. The summed E-state index contributed by atoms with van der Waals surface area (Å²) in [5.41, 5.74) is 3.70. The van der Waals surface area contributed by atoms with Gasteiger partial charge in [0.2, 0.25) is 5.96 Å².